The van der Waals surface area contributed by atoms with E-state index < -0.39 is 0 Å². The van der Waals surface area contributed by atoms with E-state index in [1.807, 2.05) is 32.0 Å². The molecule has 2 aromatic carbocycles. The number of nitrogens with zero attached hydrogens (tertiary/aromatic N) is 3. The molecular formula is C25H23FN4OS. The Morgan fingerprint density at radius 2 is 1.88 bits per heavy atom. The number of nitriles is 1. The molecule has 2 heterocycles. The lowest BCUT2D eigenvalue weighted by Gasteiger charge is -2.22. The van der Waals surface area contributed by atoms with Gasteiger partial charge in [-0.05, 0) is 60.9 Å². The largest absolute Gasteiger partial charge is 0.347 e. The van der Waals surface area contributed by atoms with Gasteiger partial charge >= 0.3 is 0 Å². The van der Waals surface area contributed by atoms with E-state index >= 15 is 0 Å². The van der Waals surface area contributed by atoms with Gasteiger partial charge in [0.25, 0.3) is 5.91 Å². The second-order valence-electron chi connectivity index (χ2n) is 7.97. The lowest BCUT2D eigenvalue weighted by Crippen LogP contribution is -2.44. The second-order valence-corrected chi connectivity index (χ2v) is 9.09. The Morgan fingerprint density at radius 1 is 1.16 bits per heavy atom. The van der Waals surface area contributed by atoms with E-state index in [1.54, 1.807) is 41.6 Å². The van der Waals surface area contributed by atoms with Gasteiger partial charge in [-0.1, -0.05) is 30.8 Å². The summed E-state index contributed by atoms with van der Waals surface area (Å²) < 4.78 is 13.2. The summed E-state index contributed by atoms with van der Waals surface area (Å²) in [4.78, 5) is 20.7. The average molecular weight is 447 g/mol. The fourth-order valence-corrected chi connectivity index (χ4v) is 4.94. The number of amides is 1. The van der Waals surface area contributed by atoms with Gasteiger partial charge in [-0.25, -0.2) is 4.39 Å². The van der Waals surface area contributed by atoms with Crippen LogP contribution in [0.2, 0.25) is 0 Å². The quantitative estimate of drug-likeness (QED) is 0.561. The van der Waals surface area contributed by atoms with Crippen molar-refractivity contribution in [2.45, 2.75) is 35.7 Å². The molecule has 3 atom stereocenters. The number of hydrogen-bond acceptors (Lipinski definition) is 5. The molecule has 1 N–H and O–H groups in total. The summed E-state index contributed by atoms with van der Waals surface area (Å²) in [6, 6.07) is 15.6. The minimum Gasteiger partial charge on any atom is -0.347 e. The van der Waals surface area contributed by atoms with E-state index in [4.69, 9.17) is 0 Å². The molecule has 0 bridgehead atoms. The number of carbonyl (C=O) groups excluding carboxylic acids is 1. The number of nitrogens with one attached hydrogen (secondary N) is 1. The molecule has 5 nitrogen and oxygen atoms in total. The molecule has 3 aromatic rings. The van der Waals surface area contributed by atoms with Crippen molar-refractivity contribution in [1.29, 1.82) is 5.26 Å². The van der Waals surface area contributed by atoms with Crippen molar-refractivity contribution >= 4 is 17.7 Å². The number of rotatable bonds is 5. The lowest BCUT2D eigenvalue weighted by molar-refractivity contribution is 0.0924. The Kier molecular flexibility index (Phi) is 6.42. The molecular weight excluding hydrogens is 423 g/mol. The molecule has 0 radical (unpaired) electrons. The Labute approximate surface area is 191 Å². The molecule has 1 fully saturated rings. The summed E-state index contributed by atoms with van der Waals surface area (Å²) in [6.07, 6.45) is 5.71. The number of halogens is 1. The first-order chi connectivity index (χ1) is 15.5. The summed E-state index contributed by atoms with van der Waals surface area (Å²) in [6.45, 7) is 4.66. The summed E-state index contributed by atoms with van der Waals surface area (Å²) in [5.74, 6) is -0.207. The monoisotopic (exact) mass is 446 g/mol. The number of aromatic nitrogens is 1. The maximum Gasteiger partial charge on any atom is 0.251 e. The number of likely N-dealkylation sites (tertiary alicyclic amines) is 1. The Morgan fingerprint density at radius 3 is 2.53 bits per heavy atom. The van der Waals surface area contributed by atoms with Crippen molar-refractivity contribution in [3.63, 3.8) is 0 Å². The third kappa shape index (κ3) is 4.61. The maximum atomic E-state index is 13.2. The summed E-state index contributed by atoms with van der Waals surface area (Å²) in [5.41, 5.74) is 2.45. The molecule has 0 aliphatic carbocycles. The molecule has 1 aromatic heterocycles. The Bertz CT molecular complexity index is 1140. The van der Waals surface area contributed by atoms with Crippen LogP contribution in [0.15, 0.2) is 76.8 Å². The SMILES string of the molecule is CC1CN(C#N)C(C)[C@@H]1NC(=O)c1ccc(-c2cnccc2Sc2ccc(F)cc2)cc1. The highest BCUT2D eigenvalue weighted by molar-refractivity contribution is 7.99. The van der Waals surface area contributed by atoms with Crippen molar-refractivity contribution in [1.82, 2.24) is 15.2 Å². The highest BCUT2D eigenvalue weighted by Gasteiger charge is 2.37. The molecule has 162 valence electrons. The molecule has 2 unspecified atom stereocenters. The molecule has 0 spiro atoms. The maximum absolute atomic E-state index is 13.2. The summed E-state index contributed by atoms with van der Waals surface area (Å²) >= 11 is 1.54. The van der Waals surface area contributed by atoms with Gasteiger partial charge in [0.05, 0.1) is 12.1 Å². The molecule has 1 aliphatic rings. The smallest absolute Gasteiger partial charge is 0.251 e. The number of benzene rings is 2. The van der Waals surface area contributed by atoms with Crippen LogP contribution < -0.4 is 5.32 Å². The van der Waals surface area contributed by atoms with Crippen LogP contribution in [0.5, 0.6) is 0 Å². The highest BCUT2D eigenvalue weighted by atomic mass is 32.2. The van der Waals surface area contributed by atoms with E-state index in [2.05, 4.69) is 16.5 Å². The van der Waals surface area contributed by atoms with E-state index in [1.165, 1.54) is 23.9 Å². The molecule has 1 saturated heterocycles. The third-order valence-electron chi connectivity index (χ3n) is 5.82. The number of carbonyl (C=O) groups is 1. The lowest BCUT2D eigenvalue weighted by atomic mass is 10.0. The van der Waals surface area contributed by atoms with Gasteiger partial charge in [0.1, 0.15) is 5.82 Å². The summed E-state index contributed by atoms with van der Waals surface area (Å²) in [5, 5.41) is 12.3. The van der Waals surface area contributed by atoms with Crippen LogP contribution in [0.4, 0.5) is 4.39 Å². The predicted molar refractivity (Wildman–Crippen MR) is 122 cm³/mol. The van der Waals surface area contributed by atoms with Gasteiger partial charge in [-0.15, -0.1) is 0 Å². The van der Waals surface area contributed by atoms with Crippen molar-refractivity contribution in [3.8, 4) is 17.3 Å². The minimum absolute atomic E-state index is 0.0281. The molecule has 7 heteroatoms. The van der Waals surface area contributed by atoms with Gasteiger partial charge in [0.15, 0.2) is 6.19 Å². The first-order valence-corrected chi connectivity index (χ1v) is 11.2. The van der Waals surface area contributed by atoms with E-state index in [0.29, 0.717) is 12.1 Å². The number of hydrogen-bond donors (Lipinski definition) is 1. The van der Waals surface area contributed by atoms with Crippen LogP contribution in [0.1, 0.15) is 24.2 Å². The van der Waals surface area contributed by atoms with Crippen molar-refractivity contribution < 1.29 is 9.18 Å². The molecule has 32 heavy (non-hydrogen) atoms. The highest BCUT2D eigenvalue weighted by Crippen LogP contribution is 2.35. The Hall–Kier alpha value is -3.37. The average Bonchev–Trinajstić information content (AvgIpc) is 3.08. The van der Waals surface area contributed by atoms with Crippen LogP contribution in [0.3, 0.4) is 0 Å². The first kappa shape index (κ1) is 21.8. The van der Waals surface area contributed by atoms with Crippen LogP contribution in [0.25, 0.3) is 11.1 Å². The van der Waals surface area contributed by atoms with E-state index in [-0.39, 0.29) is 29.7 Å². The number of pyridine rings is 1. The Balaban J connectivity index is 1.50. The van der Waals surface area contributed by atoms with E-state index in [9.17, 15) is 14.4 Å². The zero-order chi connectivity index (χ0) is 22.7. The van der Waals surface area contributed by atoms with Gasteiger partial charge in [0, 0.05) is 39.9 Å². The topological polar surface area (TPSA) is 69.0 Å². The zero-order valence-electron chi connectivity index (χ0n) is 17.8. The fraction of sp³-hybridized carbons (Fsp3) is 0.240. The van der Waals surface area contributed by atoms with Gasteiger partial charge in [-0.3, -0.25) is 9.78 Å². The fourth-order valence-electron chi connectivity index (χ4n) is 4.01. The third-order valence-corrected chi connectivity index (χ3v) is 6.90. The molecule has 1 amide bonds. The van der Waals surface area contributed by atoms with Crippen molar-refractivity contribution in [2.75, 3.05) is 6.54 Å². The predicted octanol–water partition coefficient (Wildman–Crippen LogP) is 4.96. The minimum atomic E-state index is -0.264. The van der Waals surface area contributed by atoms with Gasteiger partial charge in [0.2, 0.25) is 0 Å². The normalized spacial score (nSPS) is 20.1. The van der Waals surface area contributed by atoms with Crippen molar-refractivity contribution in [3.05, 3.63) is 78.4 Å². The first-order valence-electron chi connectivity index (χ1n) is 10.4. The summed E-state index contributed by atoms with van der Waals surface area (Å²) in [7, 11) is 0. The standard InChI is InChI=1S/C25H23FN4OS/c1-16-14-30(15-27)17(2)24(16)29-25(31)19-5-3-18(4-6-19)22-13-28-12-11-23(22)32-21-9-7-20(26)8-10-21/h3-13,16-17,24H,14H2,1-2H3,(H,29,31)/t16?,17?,24-/m1/s1. The van der Waals surface area contributed by atoms with Crippen molar-refractivity contribution in [2.24, 2.45) is 5.92 Å². The van der Waals surface area contributed by atoms with Crippen LogP contribution in [0, 0.1) is 23.2 Å². The van der Waals surface area contributed by atoms with Crippen LogP contribution in [-0.2, 0) is 0 Å². The van der Waals surface area contributed by atoms with Crippen LogP contribution >= 0.6 is 11.8 Å². The van der Waals surface area contributed by atoms with E-state index in [0.717, 1.165) is 20.9 Å². The zero-order valence-corrected chi connectivity index (χ0v) is 18.6. The van der Waals surface area contributed by atoms with Gasteiger partial charge < -0.3 is 10.2 Å². The molecule has 4 rings (SSSR count). The molecule has 0 saturated carbocycles. The van der Waals surface area contributed by atoms with Crippen LogP contribution in [-0.4, -0.2) is 34.4 Å². The van der Waals surface area contributed by atoms with Gasteiger partial charge in [-0.2, -0.15) is 5.26 Å². The second kappa shape index (κ2) is 9.41. The molecule has 1 aliphatic heterocycles.